The quantitative estimate of drug-likeness (QED) is 0.761. The summed E-state index contributed by atoms with van der Waals surface area (Å²) in [6.07, 6.45) is 1.84. The van der Waals surface area contributed by atoms with Gasteiger partial charge in [0.1, 0.15) is 5.75 Å². The number of rotatable bonds is 9. The molecule has 0 bridgehead atoms. The normalized spacial score (nSPS) is 12.9. The van der Waals surface area contributed by atoms with E-state index in [4.69, 9.17) is 4.74 Å². The molecular weight excluding hydrogens is 274 g/mol. The lowest BCUT2D eigenvalue weighted by atomic mass is 10.3. The lowest BCUT2D eigenvalue weighted by molar-refractivity contribution is 0.217. The van der Waals surface area contributed by atoms with E-state index in [-0.39, 0.29) is 17.6 Å². The van der Waals surface area contributed by atoms with Crippen LogP contribution in [0.5, 0.6) is 5.75 Å². The van der Waals surface area contributed by atoms with Gasteiger partial charge in [0.15, 0.2) is 9.84 Å². The molecule has 1 unspecified atom stereocenters. The summed E-state index contributed by atoms with van der Waals surface area (Å²) in [7, 11) is -2.92. The number of hydrogen-bond acceptors (Lipinski definition) is 4. The van der Waals surface area contributed by atoms with Gasteiger partial charge in [-0.1, -0.05) is 13.8 Å². The average Bonchev–Trinajstić information content (AvgIpc) is 2.40. The van der Waals surface area contributed by atoms with Crippen molar-refractivity contribution in [3.63, 3.8) is 0 Å². The Balaban J connectivity index is 2.42. The van der Waals surface area contributed by atoms with Gasteiger partial charge in [-0.2, -0.15) is 0 Å². The third-order valence-corrected chi connectivity index (χ3v) is 4.88. The molecule has 20 heavy (non-hydrogen) atoms. The number of sulfone groups is 1. The Bertz CT molecular complexity index is 482. The van der Waals surface area contributed by atoms with Crippen LogP contribution >= 0.6 is 0 Å². The van der Waals surface area contributed by atoms with Crippen molar-refractivity contribution >= 4 is 15.5 Å². The van der Waals surface area contributed by atoms with Crippen LogP contribution in [0.25, 0.3) is 0 Å². The third kappa shape index (κ3) is 6.28. The second-order valence-electron chi connectivity index (χ2n) is 4.94. The molecule has 1 rings (SSSR count). The van der Waals surface area contributed by atoms with E-state index in [2.05, 4.69) is 12.2 Å². The number of hydrogen-bond donors (Lipinski definition) is 1. The SMILES string of the molecule is CCCS(=O)(=O)CCNc1ccc(OC(C)CC)cc1. The zero-order valence-corrected chi connectivity index (χ0v) is 13.4. The Morgan fingerprint density at radius 3 is 2.35 bits per heavy atom. The summed E-state index contributed by atoms with van der Waals surface area (Å²) in [5.41, 5.74) is 0.910. The molecule has 0 saturated carbocycles. The zero-order chi connectivity index (χ0) is 15.0. The Morgan fingerprint density at radius 1 is 1.15 bits per heavy atom. The maximum atomic E-state index is 11.6. The summed E-state index contributed by atoms with van der Waals surface area (Å²) in [5.74, 6) is 1.27. The number of benzene rings is 1. The van der Waals surface area contributed by atoms with Crippen molar-refractivity contribution in [3.8, 4) is 5.75 Å². The van der Waals surface area contributed by atoms with Crippen molar-refractivity contribution in [2.45, 2.75) is 39.7 Å². The molecule has 1 aromatic carbocycles. The van der Waals surface area contributed by atoms with E-state index in [1.807, 2.05) is 38.1 Å². The number of ether oxygens (including phenoxy) is 1. The molecule has 0 radical (unpaired) electrons. The molecule has 0 aliphatic rings. The molecular formula is C15H25NO3S. The Labute approximate surface area is 122 Å². The molecule has 1 atom stereocenters. The summed E-state index contributed by atoms with van der Waals surface area (Å²) in [5, 5.41) is 3.12. The first-order valence-corrected chi connectivity index (χ1v) is 9.00. The van der Waals surface area contributed by atoms with Gasteiger partial charge in [0.25, 0.3) is 0 Å². The summed E-state index contributed by atoms with van der Waals surface area (Å²) < 4.78 is 28.8. The van der Waals surface area contributed by atoms with Crippen LogP contribution in [0.3, 0.4) is 0 Å². The highest BCUT2D eigenvalue weighted by atomic mass is 32.2. The molecule has 0 spiro atoms. The van der Waals surface area contributed by atoms with Gasteiger partial charge in [-0.05, 0) is 44.0 Å². The van der Waals surface area contributed by atoms with Crippen molar-refractivity contribution in [2.75, 3.05) is 23.4 Å². The van der Waals surface area contributed by atoms with Crippen LogP contribution in [0, 0.1) is 0 Å². The van der Waals surface area contributed by atoms with Crippen LogP contribution in [0.15, 0.2) is 24.3 Å². The maximum Gasteiger partial charge on any atom is 0.152 e. The number of anilines is 1. The predicted octanol–water partition coefficient (Wildman–Crippen LogP) is 3.10. The molecule has 0 heterocycles. The van der Waals surface area contributed by atoms with E-state index in [1.165, 1.54) is 0 Å². The van der Waals surface area contributed by atoms with Crippen molar-refractivity contribution in [2.24, 2.45) is 0 Å². The molecule has 0 aliphatic carbocycles. The van der Waals surface area contributed by atoms with E-state index in [0.717, 1.165) is 17.9 Å². The molecule has 0 fully saturated rings. The van der Waals surface area contributed by atoms with E-state index in [9.17, 15) is 8.42 Å². The maximum absolute atomic E-state index is 11.6. The highest BCUT2D eigenvalue weighted by Crippen LogP contribution is 2.17. The fourth-order valence-corrected chi connectivity index (χ4v) is 2.97. The molecule has 1 aromatic rings. The van der Waals surface area contributed by atoms with Gasteiger partial charge in [0.05, 0.1) is 11.9 Å². The molecule has 0 amide bonds. The van der Waals surface area contributed by atoms with Gasteiger partial charge < -0.3 is 10.1 Å². The first-order chi connectivity index (χ1) is 9.46. The molecule has 0 aromatic heterocycles. The summed E-state index contributed by atoms with van der Waals surface area (Å²) in [4.78, 5) is 0. The minimum absolute atomic E-state index is 0.173. The first kappa shape index (κ1) is 16.8. The van der Waals surface area contributed by atoms with Gasteiger partial charge in [0, 0.05) is 18.0 Å². The van der Waals surface area contributed by atoms with Crippen molar-refractivity contribution in [3.05, 3.63) is 24.3 Å². The molecule has 5 heteroatoms. The standard InChI is InChI=1S/C15H25NO3S/c1-4-11-20(17,18)12-10-16-14-6-8-15(9-7-14)19-13(3)5-2/h6-9,13,16H,4-5,10-12H2,1-3H3. The third-order valence-electron chi connectivity index (χ3n) is 3.02. The summed E-state index contributed by atoms with van der Waals surface area (Å²) >= 11 is 0. The highest BCUT2D eigenvalue weighted by molar-refractivity contribution is 7.91. The molecule has 0 aliphatic heterocycles. The van der Waals surface area contributed by atoms with Crippen molar-refractivity contribution in [1.82, 2.24) is 0 Å². The van der Waals surface area contributed by atoms with Crippen LogP contribution < -0.4 is 10.1 Å². The Hall–Kier alpha value is -1.23. The minimum atomic E-state index is -2.92. The molecule has 1 N–H and O–H groups in total. The van der Waals surface area contributed by atoms with Gasteiger partial charge in [-0.3, -0.25) is 0 Å². The molecule has 4 nitrogen and oxygen atoms in total. The van der Waals surface area contributed by atoms with Gasteiger partial charge in [-0.25, -0.2) is 8.42 Å². The van der Waals surface area contributed by atoms with Crippen molar-refractivity contribution in [1.29, 1.82) is 0 Å². The fourth-order valence-electron chi connectivity index (χ4n) is 1.73. The Kier molecular flexibility index (Phi) is 6.85. The summed E-state index contributed by atoms with van der Waals surface area (Å²) in [6, 6.07) is 7.61. The monoisotopic (exact) mass is 299 g/mol. The van der Waals surface area contributed by atoms with E-state index in [0.29, 0.717) is 13.0 Å². The first-order valence-electron chi connectivity index (χ1n) is 7.18. The van der Waals surface area contributed by atoms with E-state index in [1.54, 1.807) is 0 Å². The van der Waals surface area contributed by atoms with E-state index < -0.39 is 9.84 Å². The summed E-state index contributed by atoms with van der Waals surface area (Å²) in [6.45, 7) is 6.43. The van der Waals surface area contributed by atoms with Crippen LogP contribution in [0.1, 0.15) is 33.6 Å². The van der Waals surface area contributed by atoms with Crippen LogP contribution in [-0.4, -0.2) is 32.6 Å². The van der Waals surface area contributed by atoms with Crippen LogP contribution in [0.4, 0.5) is 5.69 Å². The van der Waals surface area contributed by atoms with E-state index >= 15 is 0 Å². The molecule has 0 saturated heterocycles. The van der Waals surface area contributed by atoms with Gasteiger partial charge >= 0.3 is 0 Å². The largest absolute Gasteiger partial charge is 0.491 e. The highest BCUT2D eigenvalue weighted by Gasteiger charge is 2.08. The lowest BCUT2D eigenvalue weighted by Gasteiger charge is -2.13. The van der Waals surface area contributed by atoms with Crippen molar-refractivity contribution < 1.29 is 13.2 Å². The second kappa shape index (κ2) is 8.15. The second-order valence-corrected chi connectivity index (χ2v) is 7.24. The smallest absolute Gasteiger partial charge is 0.152 e. The topological polar surface area (TPSA) is 55.4 Å². The minimum Gasteiger partial charge on any atom is -0.491 e. The zero-order valence-electron chi connectivity index (χ0n) is 12.6. The van der Waals surface area contributed by atoms with Crippen LogP contribution in [0.2, 0.25) is 0 Å². The Morgan fingerprint density at radius 2 is 1.80 bits per heavy atom. The predicted molar refractivity (Wildman–Crippen MR) is 84.3 cm³/mol. The number of nitrogens with one attached hydrogen (secondary N) is 1. The van der Waals surface area contributed by atoms with Gasteiger partial charge in [0.2, 0.25) is 0 Å². The lowest BCUT2D eigenvalue weighted by Crippen LogP contribution is -2.18. The molecule has 114 valence electrons. The van der Waals surface area contributed by atoms with Gasteiger partial charge in [-0.15, -0.1) is 0 Å². The average molecular weight is 299 g/mol. The van der Waals surface area contributed by atoms with Crippen LogP contribution in [-0.2, 0) is 9.84 Å². The fraction of sp³-hybridized carbons (Fsp3) is 0.600.